The number of aryl methyl sites for hydroxylation is 1. The van der Waals surface area contributed by atoms with E-state index < -0.39 is 33.9 Å². The molecule has 1 aliphatic rings. The number of benzene rings is 1. The van der Waals surface area contributed by atoms with Crippen molar-refractivity contribution in [3.8, 4) is 0 Å². The van der Waals surface area contributed by atoms with Gasteiger partial charge in [-0.2, -0.15) is 4.31 Å². The Hall–Kier alpha value is -3.02. The Morgan fingerprint density at radius 1 is 1.19 bits per heavy atom. The second kappa shape index (κ2) is 11.2. The topological polar surface area (TPSA) is 126 Å². The zero-order valence-electron chi connectivity index (χ0n) is 21.0. The van der Waals surface area contributed by atoms with Crippen LogP contribution in [0.5, 0.6) is 0 Å². The number of para-hydroxylation sites is 1. The number of hydrogen-bond acceptors (Lipinski definition) is 7. The lowest BCUT2D eigenvalue weighted by atomic mass is 10.0. The molecule has 1 aromatic carbocycles. The highest BCUT2D eigenvalue weighted by atomic mass is 32.2. The predicted molar refractivity (Wildman–Crippen MR) is 141 cm³/mol. The molecule has 9 nitrogen and oxygen atoms in total. The first-order chi connectivity index (χ1) is 17.6. The summed E-state index contributed by atoms with van der Waals surface area (Å²) in [6, 6.07) is 8.75. The minimum absolute atomic E-state index is 0.0871. The fraction of sp³-hybridized carbons (Fsp3) is 0.423. The first kappa shape index (κ1) is 27.0. The minimum Gasteiger partial charge on any atom is -0.451 e. The Kier molecular flexibility index (Phi) is 8.15. The molecule has 2 aromatic heterocycles. The van der Waals surface area contributed by atoms with E-state index >= 15 is 0 Å². The number of Topliss-reactive ketones (excluding diaryl/α,β-unsaturated/α-hetero) is 1. The molecule has 198 valence electrons. The maximum atomic E-state index is 13.3. The molecular weight excluding hydrogens is 514 g/mol. The van der Waals surface area contributed by atoms with Crippen LogP contribution in [0.2, 0.25) is 0 Å². The Bertz CT molecular complexity index is 1390. The van der Waals surface area contributed by atoms with Crippen molar-refractivity contribution in [2.45, 2.75) is 56.3 Å². The molecule has 3 heterocycles. The summed E-state index contributed by atoms with van der Waals surface area (Å²) >= 11 is 1.10. The van der Waals surface area contributed by atoms with Gasteiger partial charge in [0.25, 0.3) is 15.9 Å². The third-order valence-corrected chi connectivity index (χ3v) is 9.62. The van der Waals surface area contributed by atoms with E-state index in [1.807, 2.05) is 32.0 Å². The molecule has 3 aromatic rings. The molecule has 1 aliphatic heterocycles. The largest absolute Gasteiger partial charge is 0.451 e. The predicted octanol–water partition coefficient (Wildman–Crippen LogP) is 3.49. The molecule has 4 rings (SSSR count). The number of hydrogen-bond donors (Lipinski definition) is 2. The summed E-state index contributed by atoms with van der Waals surface area (Å²) in [5, 5.41) is 8.04. The van der Waals surface area contributed by atoms with Crippen molar-refractivity contribution in [1.82, 2.24) is 14.9 Å². The molecule has 0 radical (unpaired) electrons. The first-order valence-corrected chi connectivity index (χ1v) is 14.6. The Morgan fingerprint density at radius 2 is 1.95 bits per heavy atom. The fourth-order valence-electron chi connectivity index (χ4n) is 4.48. The number of nitrogens with one attached hydrogen (secondary N) is 2. The lowest BCUT2D eigenvalue weighted by molar-refractivity contribution is -0.129. The molecule has 1 fully saturated rings. The summed E-state index contributed by atoms with van der Waals surface area (Å²) in [5.41, 5.74) is 1.27. The standard InChI is InChI=1S/C26H31N3O6S2/c1-16(2)14-20(28-26(32)24-17(3)18-8-4-5-10-22(18)35-24)25(31)27-19-9-6-12-29(15-21(19)30)37(33,34)23-11-7-13-36-23/h4-5,7-8,10-11,13,16,19-20H,6,9,12,14-15H2,1-3H3,(H,27,31)(H,28,32)/t19-,20+/m1/s1. The number of amides is 2. The molecule has 2 atom stereocenters. The number of carbonyl (C=O) groups is 3. The van der Waals surface area contributed by atoms with Gasteiger partial charge in [0.15, 0.2) is 11.5 Å². The Balaban J connectivity index is 1.46. The monoisotopic (exact) mass is 545 g/mol. The van der Waals surface area contributed by atoms with Crippen molar-refractivity contribution in [1.29, 1.82) is 0 Å². The van der Waals surface area contributed by atoms with Crippen molar-refractivity contribution >= 4 is 49.9 Å². The van der Waals surface area contributed by atoms with Crippen LogP contribution in [0.15, 0.2) is 50.4 Å². The summed E-state index contributed by atoms with van der Waals surface area (Å²) < 4.78 is 32.9. The molecule has 11 heteroatoms. The molecule has 0 spiro atoms. The summed E-state index contributed by atoms with van der Waals surface area (Å²) in [4.78, 5) is 39.3. The first-order valence-electron chi connectivity index (χ1n) is 12.2. The molecule has 2 N–H and O–H groups in total. The van der Waals surface area contributed by atoms with Gasteiger partial charge in [0, 0.05) is 17.5 Å². The van der Waals surface area contributed by atoms with E-state index in [2.05, 4.69) is 10.6 Å². The van der Waals surface area contributed by atoms with Gasteiger partial charge in [-0.3, -0.25) is 14.4 Å². The summed E-state index contributed by atoms with van der Waals surface area (Å²) in [6.07, 6.45) is 1.09. The number of ketones is 1. The number of furan rings is 1. The van der Waals surface area contributed by atoms with Gasteiger partial charge in [-0.1, -0.05) is 38.1 Å². The van der Waals surface area contributed by atoms with Crippen LogP contribution < -0.4 is 10.6 Å². The highest BCUT2D eigenvalue weighted by molar-refractivity contribution is 7.91. The third kappa shape index (κ3) is 5.94. The molecule has 0 saturated carbocycles. The van der Waals surface area contributed by atoms with Gasteiger partial charge in [-0.05, 0) is 49.6 Å². The Labute approximate surface area is 220 Å². The third-order valence-electron chi connectivity index (χ3n) is 6.41. The van der Waals surface area contributed by atoms with E-state index in [9.17, 15) is 22.8 Å². The van der Waals surface area contributed by atoms with E-state index in [1.54, 1.807) is 24.4 Å². The van der Waals surface area contributed by atoms with Gasteiger partial charge in [0.2, 0.25) is 5.91 Å². The van der Waals surface area contributed by atoms with Gasteiger partial charge in [0.05, 0.1) is 12.6 Å². The second-order valence-electron chi connectivity index (χ2n) is 9.65. The molecule has 0 aliphatic carbocycles. The lowest BCUT2D eigenvalue weighted by Crippen LogP contribution is -2.52. The van der Waals surface area contributed by atoms with Gasteiger partial charge in [-0.25, -0.2) is 8.42 Å². The van der Waals surface area contributed by atoms with Crippen LogP contribution in [0.25, 0.3) is 11.0 Å². The highest BCUT2D eigenvalue weighted by Crippen LogP contribution is 2.26. The number of carbonyl (C=O) groups excluding carboxylic acids is 3. The van der Waals surface area contributed by atoms with E-state index in [1.165, 1.54) is 10.4 Å². The van der Waals surface area contributed by atoms with Gasteiger partial charge in [-0.15, -0.1) is 11.3 Å². The Morgan fingerprint density at radius 3 is 2.62 bits per heavy atom. The lowest BCUT2D eigenvalue weighted by Gasteiger charge is -2.23. The van der Waals surface area contributed by atoms with Gasteiger partial charge >= 0.3 is 0 Å². The number of sulfonamides is 1. The quantitative estimate of drug-likeness (QED) is 0.446. The smallest absolute Gasteiger partial charge is 0.287 e. The van der Waals surface area contributed by atoms with Crippen molar-refractivity contribution in [2.24, 2.45) is 5.92 Å². The van der Waals surface area contributed by atoms with Gasteiger partial charge in [0.1, 0.15) is 15.8 Å². The van der Waals surface area contributed by atoms with Crippen LogP contribution in [-0.4, -0.2) is 55.5 Å². The van der Waals surface area contributed by atoms with Crippen molar-refractivity contribution < 1.29 is 27.2 Å². The number of fused-ring (bicyclic) bond motifs is 1. The minimum atomic E-state index is -3.77. The SMILES string of the molecule is Cc1c(C(=O)N[C@@H](CC(C)C)C(=O)N[C@@H]2CCCN(S(=O)(=O)c3cccs3)CC2=O)oc2ccccc12. The number of thiophene rings is 1. The van der Waals surface area contributed by atoms with Crippen molar-refractivity contribution in [3.05, 3.63) is 53.1 Å². The van der Waals surface area contributed by atoms with Crippen LogP contribution in [0.3, 0.4) is 0 Å². The molecule has 0 bridgehead atoms. The van der Waals surface area contributed by atoms with Crippen molar-refractivity contribution in [2.75, 3.05) is 13.1 Å². The molecular formula is C26H31N3O6S2. The van der Waals surface area contributed by atoms with Crippen LogP contribution >= 0.6 is 11.3 Å². The summed E-state index contributed by atoms with van der Waals surface area (Å²) in [5.74, 6) is -1.14. The maximum absolute atomic E-state index is 13.3. The fourth-order valence-corrected chi connectivity index (χ4v) is 7.07. The summed E-state index contributed by atoms with van der Waals surface area (Å²) in [6.45, 7) is 5.53. The highest BCUT2D eigenvalue weighted by Gasteiger charge is 2.35. The van der Waals surface area contributed by atoms with E-state index in [-0.39, 0.29) is 34.8 Å². The van der Waals surface area contributed by atoms with Crippen molar-refractivity contribution in [3.63, 3.8) is 0 Å². The van der Waals surface area contributed by atoms with Crippen LogP contribution in [0.4, 0.5) is 0 Å². The van der Waals surface area contributed by atoms with Crippen LogP contribution in [-0.2, 0) is 19.6 Å². The molecule has 0 unspecified atom stereocenters. The van der Waals surface area contributed by atoms with E-state index in [0.717, 1.165) is 16.7 Å². The average molecular weight is 546 g/mol. The van der Waals surface area contributed by atoms with E-state index in [4.69, 9.17) is 4.42 Å². The number of nitrogens with zero attached hydrogens (tertiary/aromatic N) is 1. The second-order valence-corrected chi connectivity index (χ2v) is 12.8. The van der Waals surface area contributed by atoms with E-state index in [0.29, 0.717) is 30.4 Å². The normalized spacial score (nSPS) is 18.1. The van der Waals surface area contributed by atoms with Crippen LogP contribution in [0, 0.1) is 12.8 Å². The zero-order chi connectivity index (χ0) is 26.7. The van der Waals surface area contributed by atoms with Gasteiger partial charge < -0.3 is 15.1 Å². The maximum Gasteiger partial charge on any atom is 0.287 e. The van der Waals surface area contributed by atoms with Crippen LogP contribution in [0.1, 0.15) is 49.2 Å². The summed E-state index contributed by atoms with van der Waals surface area (Å²) in [7, 11) is -3.77. The molecule has 2 amide bonds. The average Bonchev–Trinajstić information content (AvgIpc) is 3.47. The zero-order valence-corrected chi connectivity index (χ0v) is 22.7. The number of rotatable bonds is 8. The molecule has 1 saturated heterocycles. The molecule has 37 heavy (non-hydrogen) atoms.